The number of aromatic nitrogens is 6. The van der Waals surface area contributed by atoms with Gasteiger partial charge in [-0.25, -0.2) is 4.68 Å². The van der Waals surface area contributed by atoms with Crippen LogP contribution >= 0.6 is 0 Å². The summed E-state index contributed by atoms with van der Waals surface area (Å²) in [7, 11) is 1.58. The molecule has 0 saturated heterocycles. The zero-order valence-electron chi connectivity index (χ0n) is 17.2. The number of carbonyl (C=O) groups excluding carboxylic acids is 1. The topological polar surface area (TPSA) is 99.2 Å². The van der Waals surface area contributed by atoms with E-state index in [1.807, 2.05) is 56.3 Å². The number of amides is 1. The summed E-state index contributed by atoms with van der Waals surface area (Å²) in [6.45, 7) is 3.93. The molecule has 3 aromatic heterocycles. The van der Waals surface area contributed by atoms with Gasteiger partial charge in [0.15, 0.2) is 17.3 Å². The number of carbonyl (C=O) groups is 1. The van der Waals surface area contributed by atoms with E-state index in [-0.39, 0.29) is 5.91 Å². The third-order valence-corrected chi connectivity index (χ3v) is 4.73. The fourth-order valence-electron chi connectivity index (χ4n) is 3.32. The predicted molar refractivity (Wildman–Crippen MR) is 112 cm³/mol. The molecule has 4 aromatic rings. The van der Waals surface area contributed by atoms with Crippen LogP contribution in [0.2, 0.25) is 0 Å². The van der Waals surface area contributed by atoms with Crippen LogP contribution < -0.4 is 10.1 Å². The van der Waals surface area contributed by atoms with Crippen molar-refractivity contribution in [2.75, 3.05) is 12.4 Å². The van der Waals surface area contributed by atoms with Gasteiger partial charge in [0.05, 0.1) is 18.5 Å². The second kappa shape index (κ2) is 8.32. The van der Waals surface area contributed by atoms with Crippen LogP contribution in [0.5, 0.6) is 5.75 Å². The van der Waals surface area contributed by atoms with Gasteiger partial charge in [0.2, 0.25) is 5.91 Å². The van der Waals surface area contributed by atoms with Gasteiger partial charge < -0.3 is 10.1 Å². The summed E-state index contributed by atoms with van der Waals surface area (Å²) in [6, 6.07) is 13.1. The number of anilines is 1. The number of ether oxygens (including phenoxy) is 1. The Morgan fingerprint density at radius 2 is 1.93 bits per heavy atom. The molecule has 1 aromatic carbocycles. The number of rotatable bonds is 7. The Morgan fingerprint density at radius 3 is 2.70 bits per heavy atom. The number of hydrogen-bond donors (Lipinski definition) is 1. The third kappa shape index (κ3) is 4.00. The van der Waals surface area contributed by atoms with Crippen molar-refractivity contribution in [3.63, 3.8) is 0 Å². The van der Waals surface area contributed by atoms with Gasteiger partial charge in [-0.2, -0.15) is 9.61 Å². The number of hydrogen-bond acceptors (Lipinski definition) is 6. The van der Waals surface area contributed by atoms with Crippen LogP contribution in [0, 0.1) is 13.8 Å². The molecular formula is C21H23N7O2. The summed E-state index contributed by atoms with van der Waals surface area (Å²) in [5.41, 5.74) is 3.25. The summed E-state index contributed by atoms with van der Waals surface area (Å²) in [5.74, 6) is 1.96. The Bertz CT molecular complexity index is 1200. The third-order valence-electron chi connectivity index (χ3n) is 4.73. The Kier molecular flexibility index (Phi) is 5.42. The van der Waals surface area contributed by atoms with E-state index in [9.17, 15) is 4.79 Å². The largest absolute Gasteiger partial charge is 0.495 e. The number of nitrogens with zero attached hydrogens (tertiary/aromatic N) is 6. The van der Waals surface area contributed by atoms with E-state index in [0.29, 0.717) is 48.0 Å². The van der Waals surface area contributed by atoms with Crippen molar-refractivity contribution in [3.8, 4) is 11.6 Å². The Hall–Kier alpha value is -3.75. The molecule has 0 unspecified atom stereocenters. The fourth-order valence-corrected chi connectivity index (χ4v) is 3.32. The number of fused-ring (bicyclic) bond motifs is 1. The van der Waals surface area contributed by atoms with Crippen LogP contribution in [-0.2, 0) is 11.2 Å². The molecule has 9 nitrogen and oxygen atoms in total. The van der Waals surface area contributed by atoms with Gasteiger partial charge in [-0.05, 0) is 50.6 Å². The Morgan fingerprint density at radius 1 is 1.10 bits per heavy atom. The summed E-state index contributed by atoms with van der Waals surface area (Å²) in [5, 5.41) is 20.4. The van der Waals surface area contributed by atoms with E-state index in [1.54, 1.807) is 16.3 Å². The molecule has 0 aliphatic carbocycles. The monoisotopic (exact) mass is 405 g/mol. The minimum Gasteiger partial charge on any atom is -0.495 e. The molecule has 1 N–H and O–H groups in total. The summed E-state index contributed by atoms with van der Waals surface area (Å²) in [6.07, 6.45) is 1.55. The minimum atomic E-state index is -0.0791. The van der Waals surface area contributed by atoms with Crippen molar-refractivity contribution in [2.45, 2.75) is 33.1 Å². The van der Waals surface area contributed by atoms with Crippen LogP contribution in [-0.4, -0.2) is 42.6 Å². The first-order chi connectivity index (χ1) is 14.5. The molecule has 0 saturated carbocycles. The second-order valence-corrected chi connectivity index (χ2v) is 7.02. The molecule has 0 bridgehead atoms. The standard InChI is InChI=1S/C21H23N7O2/c1-14-13-15(2)27(25-14)20-12-11-19-24-23-18(28(19)26-20)9-6-10-21(29)22-16-7-4-5-8-17(16)30-3/h4-5,7-8,11-13H,6,9-10H2,1-3H3,(H,22,29). The lowest BCUT2D eigenvalue weighted by Crippen LogP contribution is -2.13. The highest BCUT2D eigenvalue weighted by Crippen LogP contribution is 2.23. The zero-order valence-corrected chi connectivity index (χ0v) is 17.2. The first kappa shape index (κ1) is 19.6. The molecule has 0 radical (unpaired) electrons. The van der Waals surface area contributed by atoms with E-state index in [1.165, 1.54) is 0 Å². The maximum absolute atomic E-state index is 12.3. The van der Waals surface area contributed by atoms with E-state index >= 15 is 0 Å². The Balaban J connectivity index is 1.43. The van der Waals surface area contributed by atoms with Gasteiger partial charge in [-0.3, -0.25) is 4.79 Å². The molecule has 4 rings (SSSR count). The highest BCUT2D eigenvalue weighted by molar-refractivity contribution is 5.92. The lowest BCUT2D eigenvalue weighted by molar-refractivity contribution is -0.116. The average molecular weight is 405 g/mol. The van der Waals surface area contributed by atoms with Crippen molar-refractivity contribution in [2.24, 2.45) is 0 Å². The average Bonchev–Trinajstić information content (AvgIpc) is 3.30. The summed E-state index contributed by atoms with van der Waals surface area (Å²) >= 11 is 0. The van der Waals surface area contributed by atoms with Crippen molar-refractivity contribution in [1.29, 1.82) is 0 Å². The van der Waals surface area contributed by atoms with E-state index in [0.717, 1.165) is 11.4 Å². The van der Waals surface area contributed by atoms with Crippen molar-refractivity contribution >= 4 is 17.2 Å². The molecule has 3 heterocycles. The molecule has 0 spiro atoms. The van der Waals surface area contributed by atoms with E-state index < -0.39 is 0 Å². The molecule has 0 aliphatic rings. The number of methoxy groups -OCH3 is 1. The second-order valence-electron chi connectivity index (χ2n) is 7.02. The molecule has 154 valence electrons. The van der Waals surface area contributed by atoms with Gasteiger partial charge in [0.1, 0.15) is 5.75 Å². The van der Waals surface area contributed by atoms with Gasteiger partial charge in [-0.15, -0.1) is 15.3 Å². The lowest BCUT2D eigenvalue weighted by Gasteiger charge is -2.09. The molecule has 9 heteroatoms. The van der Waals surface area contributed by atoms with Gasteiger partial charge in [-0.1, -0.05) is 12.1 Å². The van der Waals surface area contributed by atoms with Crippen molar-refractivity contribution in [3.05, 3.63) is 59.7 Å². The first-order valence-corrected chi connectivity index (χ1v) is 9.73. The number of benzene rings is 1. The highest BCUT2D eigenvalue weighted by Gasteiger charge is 2.12. The minimum absolute atomic E-state index is 0.0791. The SMILES string of the molecule is COc1ccccc1NC(=O)CCCc1nnc2ccc(-n3nc(C)cc3C)nn12. The van der Waals surface area contributed by atoms with Gasteiger partial charge in [0, 0.05) is 18.5 Å². The molecule has 0 atom stereocenters. The van der Waals surface area contributed by atoms with Crippen LogP contribution in [0.4, 0.5) is 5.69 Å². The van der Waals surface area contributed by atoms with Crippen LogP contribution in [0.25, 0.3) is 11.5 Å². The van der Waals surface area contributed by atoms with Gasteiger partial charge in [0.25, 0.3) is 0 Å². The maximum Gasteiger partial charge on any atom is 0.224 e. The van der Waals surface area contributed by atoms with Crippen molar-refractivity contribution < 1.29 is 9.53 Å². The molecule has 0 aliphatic heterocycles. The van der Waals surface area contributed by atoms with Crippen LogP contribution in [0.15, 0.2) is 42.5 Å². The number of para-hydroxylation sites is 2. The maximum atomic E-state index is 12.3. The number of nitrogens with one attached hydrogen (secondary N) is 1. The summed E-state index contributed by atoms with van der Waals surface area (Å²) < 4.78 is 8.77. The van der Waals surface area contributed by atoms with E-state index in [4.69, 9.17) is 4.74 Å². The molecule has 1 amide bonds. The molecule has 30 heavy (non-hydrogen) atoms. The zero-order chi connectivity index (χ0) is 21.1. The lowest BCUT2D eigenvalue weighted by atomic mass is 10.2. The highest BCUT2D eigenvalue weighted by atomic mass is 16.5. The fraction of sp³-hybridized carbons (Fsp3) is 0.286. The quantitative estimate of drug-likeness (QED) is 0.508. The number of aryl methyl sites for hydroxylation is 3. The molecular weight excluding hydrogens is 382 g/mol. The normalized spacial score (nSPS) is 11.0. The summed E-state index contributed by atoms with van der Waals surface area (Å²) in [4.78, 5) is 12.3. The predicted octanol–water partition coefficient (Wildman–Crippen LogP) is 2.90. The smallest absolute Gasteiger partial charge is 0.224 e. The van der Waals surface area contributed by atoms with E-state index in [2.05, 4.69) is 25.7 Å². The molecule has 0 fully saturated rings. The van der Waals surface area contributed by atoms with Crippen molar-refractivity contribution in [1.82, 2.24) is 29.6 Å². The van der Waals surface area contributed by atoms with Gasteiger partial charge >= 0.3 is 0 Å². The first-order valence-electron chi connectivity index (χ1n) is 9.73. The Labute approximate surface area is 173 Å². The van der Waals surface area contributed by atoms with Crippen LogP contribution in [0.1, 0.15) is 30.1 Å². The van der Waals surface area contributed by atoms with Crippen LogP contribution in [0.3, 0.4) is 0 Å².